The summed E-state index contributed by atoms with van der Waals surface area (Å²) in [4.78, 5) is 0. The second-order valence-electron chi connectivity index (χ2n) is 15.9. The molecule has 0 atom stereocenters. The van der Waals surface area contributed by atoms with Crippen LogP contribution in [0.3, 0.4) is 0 Å². The van der Waals surface area contributed by atoms with Gasteiger partial charge >= 0.3 is 0 Å². The van der Waals surface area contributed by atoms with Crippen LogP contribution in [0, 0.1) is 60.2 Å². The van der Waals surface area contributed by atoms with Crippen molar-refractivity contribution in [3.63, 3.8) is 0 Å². The third kappa shape index (κ3) is 10.8. The highest BCUT2D eigenvalue weighted by Gasteiger charge is 2.39. The van der Waals surface area contributed by atoms with Crippen LogP contribution in [0.15, 0.2) is 0 Å². The predicted molar refractivity (Wildman–Crippen MR) is 187 cm³/mol. The van der Waals surface area contributed by atoms with E-state index < -0.39 is 0 Å². The van der Waals surface area contributed by atoms with E-state index >= 15 is 0 Å². The lowest BCUT2D eigenvalue weighted by molar-refractivity contribution is -0.0450. The van der Waals surface area contributed by atoms with Crippen molar-refractivity contribution in [2.24, 2.45) is 35.5 Å². The normalized spacial score (nSPS) is 36.4. The summed E-state index contributed by atoms with van der Waals surface area (Å²) in [5.41, 5.74) is -0.568. The SMILES string of the molecule is C#CC1(OCCCCCCCCOC2(C#C)CCC(C3CCC(CCC)CC3)CC2)CCC(C2CCC(CCC)CC2)CC1. The van der Waals surface area contributed by atoms with Gasteiger partial charge in [0.2, 0.25) is 0 Å². The zero-order valence-corrected chi connectivity index (χ0v) is 29.2. The lowest BCUT2D eigenvalue weighted by Gasteiger charge is -2.41. The van der Waals surface area contributed by atoms with Crippen molar-refractivity contribution in [2.45, 2.75) is 192 Å². The molecule has 0 unspecified atom stereocenters. The lowest BCUT2D eigenvalue weighted by Crippen LogP contribution is -2.38. The van der Waals surface area contributed by atoms with Gasteiger partial charge < -0.3 is 9.47 Å². The molecule has 2 nitrogen and oxygen atoms in total. The van der Waals surface area contributed by atoms with E-state index in [1.165, 1.54) is 128 Å². The van der Waals surface area contributed by atoms with Crippen LogP contribution in [0.4, 0.5) is 0 Å². The highest BCUT2D eigenvalue weighted by atomic mass is 16.5. The first-order valence-electron chi connectivity index (χ1n) is 19.8. The van der Waals surface area contributed by atoms with Gasteiger partial charge in [0.1, 0.15) is 11.2 Å². The van der Waals surface area contributed by atoms with Gasteiger partial charge in [-0.2, -0.15) is 0 Å². The van der Waals surface area contributed by atoms with Crippen LogP contribution in [-0.4, -0.2) is 24.4 Å². The molecule has 2 heteroatoms. The Morgan fingerprint density at radius 3 is 1.11 bits per heavy atom. The van der Waals surface area contributed by atoms with E-state index in [0.29, 0.717) is 0 Å². The van der Waals surface area contributed by atoms with Gasteiger partial charge in [-0.3, -0.25) is 0 Å². The molecule has 0 heterocycles. The molecule has 0 aromatic heterocycles. The average molecular weight is 607 g/mol. The molecule has 0 aromatic rings. The first-order chi connectivity index (χ1) is 21.5. The maximum absolute atomic E-state index is 6.43. The van der Waals surface area contributed by atoms with Gasteiger partial charge in [-0.15, -0.1) is 12.8 Å². The summed E-state index contributed by atoms with van der Waals surface area (Å²) >= 11 is 0. The molecule has 4 aliphatic carbocycles. The molecule has 0 amide bonds. The van der Waals surface area contributed by atoms with E-state index in [-0.39, 0.29) is 11.2 Å². The molecule has 0 N–H and O–H groups in total. The van der Waals surface area contributed by atoms with Crippen molar-refractivity contribution < 1.29 is 9.47 Å². The molecule has 0 saturated heterocycles. The van der Waals surface area contributed by atoms with E-state index in [4.69, 9.17) is 22.3 Å². The Labute approximate surface area is 274 Å². The zero-order valence-electron chi connectivity index (χ0n) is 29.2. The fourth-order valence-corrected chi connectivity index (χ4v) is 9.98. The van der Waals surface area contributed by atoms with Crippen LogP contribution in [0.5, 0.6) is 0 Å². The fourth-order valence-electron chi connectivity index (χ4n) is 9.98. The largest absolute Gasteiger partial charge is 0.362 e. The summed E-state index contributed by atoms with van der Waals surface area (Å²) in [5.74, 6) is 11.9. The van der Waals surface area contributed by atoms with E-state index in [1.807, 2.05) is 0 Å². The quantitative estimate of drug-likeness (QED) is 0.121. The summed E-state index contributed by atoms with van der Waals surface area (Å²) < 4.78 is 12.9. The van der Waals surface area contributed by atoms with Crippen molar-refractivity contribution in [3.05, 3.63) is 0 Å². The lowest BCUT2D eigenvalue weighted by atomic mass is 9.68. The van der Waals surface area contributed by atoms with Gasteiger partial charge in [0.05, 0.1) is 0 Å². The molecule has 0 radical (unpaired) electrons. The van der Waals surface area contributed by atoms with E-state index in [9.17, 15) is 0 Å². The standard InChI is InChI=1S/C42H70O2/c1-5-15-35-17-21-37(22-18-35)39-25-29-41(7-3,30-26-39)43-33-13-11-9-10-12-14-34-44-42(8-4)31-27-40(28-32-42)38-23-19-36(16-6-2)20-24-38/h3-4,35-40H,5-6,9-34H2,1-2H3. The third-order valence-electron chi connectivity index (χ3n) is 13.0. The monoisotopic (exact) mass is 607 g/mol. The summed E-state index contributed by atoms with van der Waals surface area (Å²) in [6, 6.07) is 0. The van der Waals surface area contributed by atoms with Crippen LogP contribution < -0.4 is 0 Å². The van der Waals surface area contributed by atoms with Gasteiger partial charge in [-0.25, -0.2) is 0 Å². The van der Waals surface area contributed by atoms with Crippen LogP contribution in [0.1, 0.15) is 181 Å². The smallest absolute Gasteiger partial charge is 0.128 e. The first kappa shape index (κ1) is 35.9. The number of rotatable bonds is 17. The topological polar surface area (TPSA) is 18.5 Å². The Bertz CT molecular complexity index is 773. The van der Waals surface area contributed by atoms with E-state index in [0.717, 1.165) is 87.2 Å². The van der Waals surface area contributed by atoms with Gasteiger partial charge in [0, 0.05) is 13.2 Å². The number of unbranched alkanes of at least 4 members (excludes halogenated alkanes) is 5. The van der Waals surface area contributed by atoms with E-state index in [2.05, 4.69) is 25.7 Å². The molecule has 0 spiro atoms. The van der Waals surface area contributed by atoms with Gasteiger partial charge in [-0.1, -0.05) is 103 Å². The Morgan fingerprint density at radius 1 is 0.477 bits per heavy atom. The summed E-state index contributed by atoms with van der Waals surface area (Å²) in [7, 11) is 0. The number of ether oxygens (including phenoxy) is 2. The summed E-state index contributed by atoms with van der Waals surface area (Å²) in [6.45, 7) is 6.32. The number of hydrogen-bond acceptors (Lipinski definition) is 2. The summed E-state index contributed by atoms with van der Waals surface area (Å²) in [5, 5.41) is 0. The van der Waals surface area contributed by atoms with Crippen LogP contribution in [-0.2, 0) is 9.47 Å². The summed E-state index contributed by atoms with van der Waals surface area (Å²) in [6.07, 6.45) is 46.0. The van der Waals surface area contributed by atoms with Gasteiger partial charge in [0.25, 0.3) is 0 Å². The number of hydrogen-bond donors (Lipinski definition) is 0. The van der Waals surface area contributed by atoms with Crippen molar-refractivity contribution in [2.75, 3.05) is 13.2 Å². The molecular weight excluding hydrogens is 536 g/mol. The van der Waals surface area contributed by atoms with Crippen LogP contribution in [0.2, 0.25) is 0 Å². The molecule has 0 bridgehead atoms. The molecule has 4 fully saturated rings. The fraction of sp³-hybridized carbons (Fsp3) is 0.905. The molecule has 0 aromatic carbocycles. The van der Waals surface area contributed by atoms with Crippen molar-refractivity contribution in [1.29, 1.82) is 0 Å². The van der Waals surface area contributed by atoms with Crippen LogP contribution in [0.25, 0.3) is 0 Å². The molecule has 0 aliphatic heterocycles. The highest BCUT2D eigenvalue weighted by molar-refractivity contribution is 5.11. The van der Waals surface area contributed by atoms with Crippen molar-refractivity contribution >= 4 is 0 Å². The molecule has 250 valence electrons. The Morgan fingerprint density at radius 2 is 0.795 bits per heavy atom. The minimum Gasteiger partial charge on any atom is -0.362 e. The van der Waals surface area contributed by atoms with Gasteiger partial charge in [0.15, 0.2) is 0 Å². The Hall–Kier alpha value is -0.960. The van der Waals surface area contributed by atoms with Gasteiger partial charge in [-0.05, 0) is 125 Å². The molecule has 4 aliphatic rings. The molecular formula is C42H70O2. The molecule has 4 saturated carbocycles. The van der Waals surface area contributed by atoms with Crippen LogP contribution >= 0.6 is 0 Å². The third-order valence-corrected chi connectivity index (χ3v) is 13.0. The molecule has 44 heavy (non-hydrogen) atoms. The maximum Gasteiger partial charge on any atom is 0.128 e. The average Bonchev–Trinajstić information content (AvgIpc) is 3.07. The Balaban J connectivity index is 0.996. The number of terminal acetylenes is 2. The minimum absolute atomic E-state index is 0.284. The second kappa shape index (κ2) is 19.0. The van der Waals surface area contributed by atoms with Crippen molar-refractivity contribution in [1.82, 2.24) is 0 Å². The minimum atomic E-state index is -0.284. The van der Waals surface area contributed by atoms with E-state index in [1.54, 1.807) is 0 Å². The zero-order chi connectivity index (χ0) is 31.1. The highest BCUT2D eigenvalue weighted by Crippen LogP contribution is 2.45. The predicted octanol–water partition coefficient (Wildman–Crippen LogP) is 11.7. The molecule has 4 rings (SSSR count). The van der Waals surface area contributed by atoms with Crippen molar-refractivity contribution in [3.8, 4) is 24.7 Å². The first-order valence-corrected chi connectivity index (χ1v) is 19.8. The Kier molecular flexibility index (Phi) is 15.5. The second-order valence-corrected chi connectivity index (χ2v) is 15.9. The maximum atomic E-state index is 6.43.